The minimum absolute atomic E-state index is 0.295. The first-order valence-corrected chi connectivity index (χ1v) is 8.35. The van der Waals surface area contributed by atoms with Crippen LogP contribution in [-0.2, 0) is 23.0 Å². The van der Waals surface area contributed by atoms with E-state index in [-0.39, 0.29) is 6.09 Å². The van der Waals surface area contributed by atoms with Crippen LogP contribution in [0.5, 0.6) is 0 Å². The van der Waals surface area contributed by atoms with Gasteiger partial charge in [0.05, 0.1) is 18.5 Å². The summed E-state index contributed by atoms with van der Waals surface area (Å²) in [6, 6.07) is 3.74. The number of ether oxygens (including phenoxy) is 1. The average molecular weight is 373 g/mol. The van der Waals surface area contributed by atoms with Gasteiger partial charge in [-0.15, -0.1) is 0 Å². The van der Waals surface area contributed by atoms with Crippen LogP contribution in [0.1, 0.15) is 23.8 Å². The Kier molecular flexibility index (Phi) is 4.13. The lowest BCUT2D eigenvalue weighted by Gasteiger charge is -2.19. The fourth-order valence-corrected chi connectivity index (χ4v) is 3.46. The Balaban J connectivity index is 2.10. The second-order valence-corrected chi connectivity index (χ2v) is 5.87. The van der Waals surface area contributed by atoms with Gasteiger partial charge in [-0.1, -0.05) is 27.5 Å². The van der Waals surface area contributed by atoms with E-state index < -0.39 is 0 Å². The molecule has 0 aliphatic carbocycles. The standard InChI is InChI=1S/C15H15BrClNO3/c1-2-20-15(19)18-6-5-9-11(17)3-4-12-14(9)10(8-18)13(7-16)21-12/h3-4H,2,5-8H2,1H3. The van der Waals surface area contributed by atoms with Gasteiger partial charge in [-0.3, -0.25) is 0 Å². The van der Waals surface area contributed by atoms with Crippen LogP contribution in [0.3, 0.4) is 0 Å². The molecule has 2 aromatic rings. The Morgan fingerprint density at radius 2 is 2.29 bits per heavy atom. The number of carbonyl (C=O) groups excluding carboxylic acids is 1. The van der Waals surface area contributed by atoms with Crippen LogP contribution in [0.2, 0.25) is 5.02 Å². The van der Waals surface area contributed by atoms with Crippen molar-refractivity contribution in [3.05, 3.63) is 34.0 Å². The summed E-state index contributed by atoms with van der Waals surface area (Å²) in [4.78, 5) is 13.8. The summed E-state index contributed by atoms with van der Waals surface area (Å²) >= 11 is 9.78. The van der Waals surface area contributed by atoms with E-state index in [1.807, 2.05) is 12.1 Å². The molecular formula is C15H15BrClNO3. The Morgan fingerprint density at radius 1 is 1.48 bits per heavy atom. The van der Waals surface area contributed by atoms with Crippen LogP contribution < -0.4 is 0 Å². The normalized spacial score (nSPS) is 14.3. The molecule has 21 heavy (non-hydrogen) atoms. The molecule has 0 saturated heterocycles. The fourth-order valence-electron chi connectivity index (χ4n) is 2.76. The van der Waals surface area contributed by atoms with Crippen molar-refractivity contribution in [2.24, 2.45) is 0 Å². The molecule has 2 heterocycles. The average Bonchev–Trinajstić information content (AvgIpc) is 2.69. The molecule has 4 nitrogen and oxygen atoms in total. The van der Waals surface area contributed by atoms with Gasteiger partial charge >= 0.3 is 6.09 Å². The first-order chi connectivity index (χ1) is 10.2. The summed E-state index contributed by atoms with van der Waals surface area (Å²) in [5.41, 5.74) is 2.89. The molecule has 0 fully saturated rings. The minimum atomic E-state index is -0.295. The molecule has 0 radical (unpaired) electrons. The molecule has 0 spiro atoms. The number of furan rings is 1. The number of alkyl halides is 1. The summed E-state index contributed by atoms with van der Waals surface area (Å²) < 4.78 is 11.0. The second-order valence-electron chi connectivity index (χ2n) is 4.91. The number of nitrogens with zero attached hydrogens (tertiary/aromatic N) is 1. The maximum atomic E-state index is 12.1. The zero-order valence-corrected chi connectivity index (χ0v) is 14.0. The molecule has 3 rings (SSSR count). The van der Waals surface area contributed by atoms with Crippen LogP contribution in [0.15, 0.2) is 16.5 Å². The van der Waals surface area contributed by atoms with Crippen molar-refractivity contribution < 1.29 is 13.9 Å². The van der Waals surface area contributed by atoms with Crippen molar-refractivity contribution >= 4 is 44.6 Å². The molecule has 1 amide bonds. The Bertz CT molecular complexity index is 698. The monoisotopic (exact) mass is 371 g/mol. The molecule has 1 aliphatic heterocycles. The summed E-state index contributed by atoms with van der Waals surface area (Å²) in [6.45, 7) is 3.25. The lowest BCUT2D eigenvalue weighted by Crippen LogP contribution is -2.32. The van der Waals surface area contributed by atoms with E-state index in [9.17, 15) is 4.79 Å². The first kappa shape index (κ1) is 14.7. The smallest absolute Gasteiger partial charge is 0.410 e. The summed E-state index contributed by atoms with van der Waals surface area (Å²) in [6.07, 6.45) is 0.403. The quantitative estimate of drug-likeness (QED) is 0.729. The van der Waals surface area contributed by atoms with Gasteiger partial charge in [0.1, 0.15) is 11.3 Å². The summed E-state index contributed by atoms with van der Waals surface area (Å²) in [5.74, 6) is 0.838. The van der Waals surface area contributed by atoms with Crippen molar-refractivity contribution in [3.8, 4) is 0 Å². The van der Waals surface area contributed by atoms with Gasteiger partial charge in [-0.25, -0.2) is 4.79 Å². The summed E-state index contributed by atoms with van der Waals surface area (Å²) in [7, 11) is 0. The van der Waals surface area contributed by atoms with Gasteiger partial charge in [0.25, 0.3) is 0 Å². The van der Waals surface area contributed by atoms with Crippen LogP contribution in [0.25, 0.3) is 11.0 Å². The number of rotatable bonds is 2. The number of carbonyl (C=O) groups is 1. The maximum absolute atomic E-state index is 12.1. The van der Waals surface area contributed by atoms with E-state index in [1.54, 1.807) is 11.8 Å². The van der Waals surface area contributed by atoms with Gasteiger partial charge in [0.15, 0.2) is 0 Å². The number of hydrogen-bond acceptors (Lipinski definition) is 3. The van der Waals surface area contributed by atoms with E-state index in [1.165, 1.54) is 0 Å². The lowest BCUT2D eigenvalue weighted by atomic mass is 10.0. The Labute approximate surface area is 136 Å². The van der Waals surface area contributed by atoms with Gasteiger partial charge in [0.2, 0.25) is 0 Å². The molecule has 1 aliphatic rings. The lowest BCUT2D eigenvalue weighted by molar-refractivity contribution is 0.105. The highest BCUT2D eigenvalue weighted by Crippen LogP contribution is 2.37. The minimum Gasteiger partial charge on any atom is -0.460 e. The molecule has 0 N–H and O–H groups in total. The van der Waals surface area contributed by atoms with Crippen LogP contribution >= 0.6 is 27.5 Å². The van der Waals surface area contributed by atoms with E-state index >= 15 is 0 Å². The molecule has 6 heteroatoms. The zero-order chi connectivity index (χ0) is 15.0. The van der Waals surface area contributed by atoms with Gasteiger partial charge in [-0.05, 0) is 31.0 Å². The van der Waals surface area contributed by atoms with E-state index in [0.29, 0.717) is 31.4 Å². The Morgan fingerprint density at radius 3 is 3.00 bits per heavy atom. The highest BCUT2D eigenvalue weighted by atomic mass is 79.9. The Hall–Kier alpha value is -1.20. The second kappa shape index (κ2) is 5.89. The SMILES string of the molecule is CCOC(=O)N1CCc2c(Cl)ccc3oc(CBr)c(c23)C1. The highest BCUT2D eigenvalue weighted by molar-refractivity contribution is 9.08. The first-order valence-electron chi connectivity index (χ1n) is 6.85. The third-order valence-corrected chi connectivity index (χ3v) is 4.58. The molecule has 0 unspecified atom stereocenters. The fraction of sp³-hybridized carbons (Fsp3) is 0.400. The molecule has 1 aromatic carbocycles. The number of amides is 1. The molecule has 0 saturated carbocycles. The van der Waals surface area contributed by atoms with Crippen molar-refractivity contribution in [2.45, 2.75) is 25.2 Å². The van der Waals surface area contributed by atoms with Crippen molar-refractivity contribution in [3.63, 3.8) is 0 Å². The zero-order valence-electron chi connectivity index (χ0n) is 11.6. The van der Waals surface area contributed by atoms with Crippen LogP contribution in [0.4, 0.5) is 4.79 Å². The summed E-state index contributed by atoms with van der Waals surface area (Å²) in [5, 5.41) is 2.37. The number of hydrogen-bond donors (Lipinski definition) is 0. The van der Waals surface area contributed by atoms with Gasteiger partial charge < -0.3 is 14.1 Å². The topological polar surface area (TPSA) is 42.7 Å². The molecule has 0 atom stereocenters. The third-order valence-electron chi connectivity index (χ3n) is 3.72. The predicted octanol–water partition coefficient (Wildman–Crippen LogP) is 4.50. The van der Waals surface area contributed by atoms with Crippen molar-refractivity contribution in [1.82, 2.24) is 4.90 Å². The molecule has 112 valence electrons. The van der Waals surface area contributed by atoms with Crippen molar-refractivity contribution in [1.29, 1.82) is 0 Å². The van der Waals surface area contributed by atoms with Crippen LogP contribution in [0, 0.1) is 0 Å². The van der Waals surface area contributed by atoms with Gasteiger partial charge in [-0.2, -0.15) is 0 Å². The van der Waals surface area contributed by atoms with E-state index in [2.05, 4.69) is 15.9 Å². The van der Waals surface area contributed by atoms with E-state index in [4.69, 9.17) is 20.8 Å². The highest BCUT2D eigenvalue weighted by Gasteiger charge is 2.26. The molecule has 0 bridgehead atoms. The van der Waals surface area contributed by atoms with Crippen molar-refractivity contribution in [2.75, 3.05) is 13.2 Å². The van der Waals surface area contributed by atoms with Crippen LogP contribution in [-0.4, -0.2) is 24.1 Å². The molecular weight excluding hydrogens is 358 g/mol. The number of benzene rings is 1. The maximum Gasteiger partial charge on any atom is 0.410 e. The largest absolute Gasteiger partial charge is 0.460 e. The van der Waals surface area contributed by atoms with E-state index in [0.717, 1.165) is 32.9 Å². The predicted molar refractivity (Wildman–Crippen MR) is 85.0 cm³/mol. The molecule has 1 aromatic heterocycles. The van der Waals surface area contributed by atoms with Gasteiger partial charge in [0, 0.05) is 22.5 Å². The third kappa shape index (κ3) is 2.53. The number of halogens is 2.